The Labute approximate surface area is 111 Å². The molecular weight excluding hydrogens is 244 g/mol. The summed E-state index contributed by atoms with van der Waals surface area (Å²) in [6, 6.07) is 2.61. The van der Waals surface area contributed by atoms with E-state index in [-0.39, 0.29) is 18.1 Å². The number of rotatable bonds is 3. The summed E-state index contributed by atoms with van der Waals surface area (Å²) in [5.41, 5.74) is 6.17. The van der Waals surface area contributed by atoms with Crippen molar-refractivity contribution >= 4 is 11.8 Å². The number of nitrogens with zero attached hydrogens (tertiary/aromatic N) is 1. The zero-order valence-corrected chi connectivity index (χ0v) is 10.9. The summed E-state index contributed by atoms with van der Waals surface area (Å²) >= 11 is 0. The molecule has 0 bridgehead atoms. The van der Waals surface area contributed by atoms with Crippen LogP contribution in [0.15, 0.2) is 18.3 Å². The van der Waals surface area contributed by atoms with E-state index in [0.29, 0.717) is 5.56 Å². The molecule has 0 radical (unpaired) electrons. The second-order valence-electron chi connectivity index (χ2n) is 3.75. The Morgan fingerprint density at radius 3 is 2.74 bits per heavy atom. The van der Waals surface area contributed by atoms with Crippen LogP contribution in [0, 0.1) is 11.8 Å². The van der Waals surface area contributed by atoms with Gasteiger partial charge in [0.2, 0.25) is 5.91 Å². The van der Waals surface area contributed by atoms with Crippen LogP contribution in [0.3, 0.4) is 0 Å². The number of nitrogens with two attached hydrogens (primary N) is 1. The molecule has 1 rings (SSSR count). The van der Waals surface area contributed by atoms with Gasteiger partial charge < -0.3 is 16.4 Å². The van der Waals surface area contributed by atoms with Crippen molar-refractivity contribution in [3.8, 4) is 11.8 Å². The Morgan fingerprint density at radius 1 is 1.47 bits per heavy atom. The maximum absolute atomic E-state index is 11.8. The lowest BCUT2D eigenvalue weighted by molar-refractivity contribution is -0.122. The van der Waals surface area contributed by atoms with Gasteiger partial charge in [-0.3, -0.25) is 9.59 Å². The molecule has 19 heavy (non-hydrogen) atoms. The van der Waals surface area contributed by atoms with Gasteiger partial charge in [-0.25, -0.2) is 4.98 Å². The molecule has 0 aliphatic heterocycles. The quantitative estimate of drug-likeness (QED) is 0.623. The highest BCUT2D eigenvalue weighted by Crippen LogP contribution is 1.99. The Balaban J connectivity index is 2.70. The number of carbonyl (C=O) groups excluding carboxylic acids is 2. The summed E-state index contributed by atoms with van der Waals surface area (Å²) in [5, 5.41) is 4.99. The first-order valence-electron chi connectivity index (χ1n) is 5.76. The fourth-order valence-electron chi connectivity index (χ4n) is 1.31. The molecule has 0 saturated carbocycles. The largest absolute Gasteiger partial charge is 0.357 e. The Morgan fingerprint density at radius 2 is 2.21 bits per heavy atom. The first kappa shape index (κ1) is 14.7. The third kappa shape index (κ3) is 4.41. The second-order valence-corrected chi connectivity index (χ2v) is 3.75. The molecule has 1 atom stereocenters. The first-order chi connectivity index (χ1) is 9.08. The Hall–Kier alpha value is -2.39. The van der Waals surface area contributed by atoms with Crippen molar-refractivity contribution in [1.29, 1.82) is 0 Å². The number of hydrogen-bond acceptors (Lipinski definition) is 4. The van der Waals surface area contributed by atoms with Crippen LogP contribution in [0.1, 0.15) is 23.0 Å². The van der Waals surface area contributed by atoms with Crippen LogP contribution in [0.5, 0.6) is 0 Å². The molecule has 100 valence electrons. The van der Waals surface area contributed by atoms with Crippen LogP contribution in [0.2, 0.25) is 0 Å². The molecule has 0 saturated heterocycles. The summed E-state index contributed by atoms with van der Waals surface area (Å²) in [6.45, 7) is 1.86. The van der Waals surface area contributed by atoms with Crippen molar-refractivity contribution in [3.63, 3.8) is 0 Å². The highest BCUT2D eigenvalue weighted by molar-refractivity contribution is 5.95. The third-order valence-corrected chi connectivity index (χ3v) is 2.32. The van der Waals surface area contributed by atoms with Gasteiger partial charge in [-0.1, -0.05) is 11.8 Å². The Kier molecular flexibility index (Phi) is 5.51. The van der Waals surface area contributed by atoms with Crippen LogP contribution in [-0.2, 0) is 4.79 Å². The summed E-state index contributed by atoms with van der Waals surface area (Å²) < 4.78 is 0. The SMILES string of the molecule is CNC(=O)C(C)NC(=O)c1ccc(C#CCN)cn1. The lowest BCUT2D eigenvalue weighted by atomic mass is 10.2. The number of pyridine rings is 1. The number of likely N-dealkylation sites (N-methyl/N-ethyl adjacent to an activating group) is 1. The van der Waals surface area contributed by atoms with E-state index in [2.05, 4.69) is 27.5 Å². The molecule has 4 N–H and O–H groups in total. The fourth-order valence-corrected chi connectivity index (χ4v) is 1.31. The molecule has 1 aromatic rings. The number of hydrogen-bond donors (Lipinski definition) is 3. The monoisotopic (exact) mass is 260 g/mol. The van der Waals surface area contributed by atoms with E-state index < -0.39 is 11.9 Å². The van der Waals surface area contributed by atoms with E-state index in [1.807, 2.05) is 0 Å². The van der Waals surface area contributed by atoms with Gasteiger partial charge >= 0.3 is 0 Å². The van der Waals surface area contributed by atoms with Crippen LogP contribution in [0.25, 0.3) is 0 Å². The number of carbonyl (C=O) groups is 2. The minimum absolute atomic E-state index is 0.231. The zero-order chi connectivity index (χ0) is 14.3. The van der Waals surface area contributed by atoms with Crippen LogP contribution >= 0.6 is 0 Å². The van der Waals surface area contributed by atoms with Gasteiger partial charge in [0.05, 0.1) is 6.54 Å². The van der Waals surface area contributed by atoms with Gasteiger partial charge in [0.1, 0.15) is 11.7 Å². The molecule has 1 unspecified atom stereocenters. The molecule has 1 aromatic heterocycles. The van der Waals surface area contributed by atoms with Crippen molar-refractivity contribution in [3.05, 3.63) is 29.6 Å². The van der Waals surface area contributed by atoms with Crippen molar-refractivity contribution in [2.75, 3.05) is 13.6 Å². The number of aromatic nitrogens is 1. The average molecular weight is 260 g/mol. The predicted octanol–water partition coefficient (Wildman–Crippen LogP) is -0.744. The van der Waals surface area contributed by atoms with Crippen molar-refractivity contribution in [2.45, 2.75) is 13.0 Å². The standard InChI is InChI=1S/C13H16N4O2/c1-9(12(18)15-2)17-13(19)11-6-5-10(8-16-11)4-3-7-14/h5-6,8-9H,7,14H2,1-2H3,(H,15,18)(H,17,19). The van der Waals surface area contributed by atoms with E-state index in [9.17, 15) is 9.59 Å². The zero-order valence-electron chi connectivity index (χ0n) is 10.9. The van der Waals surface area contributed by atoms with Crippen molar-refractivity contribution < 1.29 is 9.59 Å². The van der Waals surface area contributed by atoms with Crippen molar-refractivity contribution in [1.82, 2.24) is 15.6 Å². The highest BCUT2D eigenvalue weighted by Gasteiger charge is 2.15. The average Bonchev–Trinajstić information content (AvgIpc) is 2.44. The van der Waals surface area contributed by atoms with E-state index >= 15 is 0 Å². The minimum atomic E-state index is -0.615. The van der Waals surface area contributed by atoms with Gasteiger partial charge in [-0.05, 0) is 19.1 Å². The highest BCUT2D eigenvalue weighted by atomic mass is 16.2. The second kappa shape index (κ2) is 7.13. The van der Waals surface area contributed by atoms with Gasteiger partial charge in [0, 0.05) is 18.8 Å². The molecule has 0 aromatic carbocycles. The van der Waals surface area contributed by atoms with Gasteiger partial charge in [0.15, 0.2) is 0 Å². The molecule has 6 heteroatoms. The first-order valence-corrected chi connectivity index (χ1v) is 5.76. The van der Waals surface area contributed by atoms with E-state index in [0.717, 1.165) is 0 Å². The maximum atomic E-state index is 11.8. The Bertz CT molecular complexity index is 514. The summed E-state index contributed by atoms with van der Waals surface area (Å²) in [7, 11) is 1.51. The van der Waals surface area contributed by atoms with E-state index in [1.165, 1.54) is 13.2 Å². The molecule has 0 spiro atoms. The number of amides is 2. The lowest BCUT2D eigenvalue weighted by Gasteiger charge is -2.11. The molecule has 2 amide bonds. The van der Waals surface area contributed by atoms with Gasteiger partial charge in [0.25, 0.3) is 5.91 Å². The number of nitrogens with one attached hydrogen (secondary N) is 2. The van der Waals surface area contributed by atoms with Gasteiger partial charge in [-0.15, -0.1) is 0 Å². The maximum Gasteiger partial charge on any atom is 0.270 e. The summed E-state index contributed by atoms with van der Waals surface area (Å²) in [4.78, 5) is 27.0. The topological polar surface area (TPSA) is 97.1 Å². The molecule has 1 heterocycles. The molecular formula is C13H16N4O2. The van der Waals surface area contributed by atoms with Crippen LogP contribution in [-0.4, -0.2) is 36.4 Å². The fraction of sp³-hybridized carbons (Fsp3) is 0.308. The molecule has 6 nitrogen and oxygen atoms in total. The summed E-state index contributed by atoms with van der Waals surface area (Å²) in [6.07, 6.45) is 1.49. The molecule has 0 aliphatic carbocycles. The lowest BCUT2D eigenvalue weighted by Crippen LogP contribution is -2.43. The van der Waals surface area contributed by atoms with Crippen LogP contribution < -0.4 is 16.4 Å². The third-order valence-electron chi connectivity index (χ3n) is 2.32. The molecule has 0 fully saturated rings. The smallest absolute Gasteiger partial charge is 0.270 e. The predicted molar refractivity (Wildman–Crippen MR) is 71.2 cm³/mol. The normalized spacial score (nSPS) is 10.9. The van der Waals surface area contributed by atoms with E-state index in [1.54, 1.807) is 19.1 Å². The minimum Gasteiger partial charge on any atom is -0.357 e. The van der Waals surface area contributed by atoms with Crippen LogP contribution in [0.4, 0.5) is 0 Å². The summed E-state index contributed by atoms with van der Waals surface area (Å²) in [5.74, 6) is 4.82. The van der Waals surface area contributed by atoms with Crippen molar-refractivity contribution in [2.24, 2.45) is 5.73 Å². The van der Waals surface area contributed by atoms with Gasteiger partial charge in [-0.2, -0.15) is 0 Å². The van der Waals surface area contributed by atoms with E-state index in [4.69, 9.17) is 5.73 Å². The molecule has 0 aliphatic rings.